The van der Waals surface area contributed by atoms with Gasteiger partial charge in [0.2, 0.25) is 0 Å². The van der Waals surface area contributed by atoms with Crippen molar-refractivity contribution in [3.05, 3.63) is 21.4 Å². The minimum Gasteiger partial charge on any atom is -0.352 e. The average Bonchev–Trinajstić information content (AvgIpc) is 2.99. The first-order valence-electron chi connectivity index (χ1n) is 8.59. The minimum atomic E-state index is -0.806. The van der Waals surface area contributed by atoms with Gasteiger partial charge in [-0.1, -0.05) is 27.2 Å². The van der Waals surface area contributed by atoms with E-state index in [-0.39, 0.29) is 11.8 Å². The van der Waals surface area contributed by atoms with Crippen LogP contribution in [0.3, 0.4) is 0 Å². The highest BCUT2D eigenvalue weighted by Crippen LogP contribution is 2.33. The highest BCUT2D eigenvalue weighted by atomic mass is 32.1. The van der Waals surface area contributed by atoms with Crippen molar-refractivity contribution in [2.45, 2.75) is 52.5 Å². The first-order chi connectivity index (χ1) is 11.8. The van der Waals surface area contributed by atoms with E-state index in [0.29, 0.717) is 10.8 Å². The largest absolute Gasteiger partial charge is 0.352 e. The van der Waals surface area contributed by atoms with Gasteiger partial charge < -0.3 is 11.1 Å². The standard InChI is InChI=1S/C17H26N4O3S/c1-4-10-5-6-12-11(7-10)8-13(25-12)15(22)20-21-16(23)14(9(2)3)19-17(18)24/h8-10,14H,4-7H2,1-3H3,(H,20,22)(H,21,23)(H3,18,19,24)/t10-,14-/m0/s1. The molecule has 138 valence electrons. The van der Waals surface area contributed by atoms with E-state index in [2.05, 4.69) is 23.1 Å². The molecule has 1 aromatic rings. The summed E-state index contributed by atoms with van der Waals surface area (Å²) in [6.07, 6.45) is 4.34. The van der Waals surface area contributed by atoms with Crippen LogP contribution in [-0.4, -0.2) is 23.9 Å². The van der Waals surface area contributed by atoms with Gasteiger partial charge >= 0.3 is 6.03 Å². The number of nitrogens with one attached hydrogen (secondary N) is 3. The van der Waals surface area contributed by atoms with Gasteiger partial charge in [0.1, 0.15) is 6.04 Å². The number of carbonyl (C=O) groups is 3. The summed E-state index contributed by atoms with van der Waals surface area (Å²) < 4.78 is 0. The van der Waals surface area contributed by atoms with Gasteiger partial charge in [0.05, 0.1) is 4.88 Å². The van der Waals surface area contributed by atoms with E-state index in [1.54, 1.807) is 13.8 Å². The fourth-order valence-electron chi connectivity index (χ4n) is 3.01. The molecule has 25 heavy (non-hydrogen) atoms. The van der Waals surface area contributed by atoms with Crippen LogP contribution >= 0.6 is 11.3 Å². The molecule has 0 radical (unpaired) electrons. The first kappa shape index (κ1) is 19.2. The molecular formula is C17H26N4O3S. The van der Waals surface area contributed by atoms with Crippen molar-refractivity contribution in [1.82, 2.24) is 16.2 Å². The molecule has 1 aliphatic rings. The Kier molecular flexibility index (Phi) is 6.41. The van der Waals surface area contributed by atoms with Crippen LogP contribution in [0, 0.1) is 11.8 Å². The lowest BCUT2D eigenvalue weighted by Gasteiger charge is -2.20. The average molecular weight is 366 g/mol. The summed E-state index contributed by atoms with van der Waals surface area (Å²) in [6.45, 7) is 5.75. The number of hydrogen-bond donors (Lipinski definition) is 4. The number of fused-ring (bicyclic) bond motifs is 1. The molecule has 0 unspecified atom stereocenters. The quantitative estimate of drug-likeness (QED) is 0.595. The number of carbonyl (C=O) groups excluding carboxylic acids is 3. The van der Waals surface area contributed by atoms with E-state index in [4.69, 9.17) is 5.73 Å². The third-order valence-corrected chi connectivity index (χ3v) is 5.77. The number of urea groups is 1. The van der Waals surface area contributed by atoms with E-state index in [1.165, 1.54) is 21.8 Å². The van der Waals surface area contributed by atoms with Gasteiger partial charge in [0, 0.05) is 4.88 Å². The molecule has 8 heteroatoms. The number of hydrogen-bond acceptors (Lipinski definition) is 4. The van der Waals surface area contributed by atoms with Gasteiger partial charge in [-0.3, -0.25) is 20.4 Å². The van der Waals surface area contributed by atoms with Crippen LogP contribution in [0.25, 0.3) is 0 Å². The van der Waals surface area contributed by atoms with Crippen LogP contribution in [0.5, 0.6) is 0 Å². The second-order valence-electron chi connectivity index (χ2n) is 6.75. The summed E-state index contributed by atoms with van der Waals surface area (Å²) in [5.41, 5.74) is 11.1. The second kappa shape index (κ2) is 8.33. The van der Waals surface area contributed by atoms with Gasteiger partial charge in [-0.15, -0.1) is 11.3 Å². The third-order valence-electron chi connectivity index (χ3n) is 4.53. The Balaban J connectivity index is 1.95. The number of hydrazine groups is 1. The molecule has 0 saturated carbocycles. The molecule has 1 heterocycles. The monoisotopic (exact) mass is 366 g/mol. The van der Waals surface area contributed by atoms with Crippen LogP contribution in [0.4, 0.5) is 4.79 Å². The van der Waals surface area contributed by atoms with E-state index in [0.717, 1.165) is 25.7 Å². The number of rotatable bonds is 5. The SMILES string of the molecule is CC[C@H]1CCc2sc(C(=O)NNC(=O)[C@@H](NC(N)=O)C(C)C)cc2C1. The number of thiophene rings is 1. The Hall–Kier alpha value is -2.09. The molecule has 0 bridgehead atoms. The van der Waals surface area contributed by atoms with E-state index < -0.39 is 18.0 Å². The topological polar surface area (TPSA) is 113 Å². The zero-order chi connectivity index (χ0) is 18.6. The van der Waals surface area contributed by atoms with Gasteiger partial charge in [-0.05, 0) is 42.7 Å². The molecule has 1 aromatic heterocycles. The molecule has 1 aliphatic carbocycles. The van der Waals surface area contributed by atoms with Gasteiger partial charge in [-0.25, -0.2) is 4.79 Å². The first-order valence-corrected chi connectivity index (χ1v) is 9.41. The maximum absolute atomic E-state index is 12.3. The van der Waals surface area contributed by atoms with Crippen LogP contribution in [0.15, 0.2) is 6.07 Å². The fraction of sp³-hybridized carbons (Fsp3) is 0.588. The van der Waals surface area contributed by atoms with Gasteiger partial charge in [-0.2, -0.15) is 0 Å². The van der Waals surface area contributed by atoms with Crippen LogP contribution in [0.2, 0.25) is 0 Å². The molecule has 5 N–H and O–H groups in total. The summed E-state index contributed by atoms with van der Waals surface area (Å²) in [6, 6.07) is 0.335. The molecule has 2 rings (SSSR count). The summed E-state index contributed by atoms with van der Waals surface area (Å²) >= 11 is 1.48. The van der Waals surface area contributed by atoms with Crippen LogP contribution < -0.4 is 21.9 Å². The predicted molar refractivity (Wildman–Crippen MR) is 97.1 cm³/mol. The molecule has 0 spiro atoms. The molecule has 7 nitrogen and oxygen atoms in total. The molecule has 4 amide bonds. The second-order valence-corrected chi connectivity index (χ2v) is 7.89. The van der Waals surface area contributed by atoms with Crippen molar-refractivity contribution in [3.63, 3.8) is 0 Å². The maximum atomic E-state index is 12.3. The lowest BCUT2D eigenvalue weighted by molar-refractivity contribution is -0.124. The Morgan fingerprint density at radius 3 is 2.64 bits per heavy atom. The van der Waals surface area contributed by atoms with E-state index in [1.807, 2.05) is 6.07 Å². The van der Waals surface area contributed by atoms with E-state index in [9.17, 15) is 14.4 Å². The Bertz CT molecular complexity index is 656. The van der Waals surface area contributed by atoms with E-state index >= 15 is 0 Å². The zero-order valence-electron chi connectivity index (χ0n) is 14.8. The lowest BCUT2D eigenvalue weighted by Crippen LogP contribution is -2.55. The van der Waals surface area contributed by atoms with Crippen molar-refractivity contribution in [3.8, 4) is 0 Å². The van der Waals surface area contributed by atoms with Crippen LogP contribution in [0.1, 0.15) is 53.7 Å². The fourth-order valence-corrected chi connectivity index (χ4v) is 4.11. The summed E-state index contributed by atoms with van der Waals surface area (Å²) in [5, 5.41) is 2.37. The highest BCUT2D eigenvalue weighted by molar-refractivity contribution is 7.14. The van der Waals surface area contributed by atoms with Gasteiger partial charge in [0.25, 0.3) is 11.8 Å². The lowest BCUT2D eigenvalue weighted by atomic mass is 9.87. The summed E-state index contributed by atoms with van der Waals surface area (Å²) in [5.74, 6) is -0.328. The molecule has 0 saturated heterocycles. The molecule has 0 aliphatic heterocycles. The number of nitrogens with two attached hydrogens (primary N) is 1. The Labute approximate surface area is 151 Å². The van der Waals surface area contributed by atoms with Crippen molar-refractivity contribution < 1.29 is 14.4 Å². The number of primary amides is 1. The summed E-state index contributed by atoms with van der Waals surface area (Å²) in [7, 11) is 0. The Morgan fingerprint density at radius 2 is 2.04 bits per heavy atom. The smallest absolute Gasteiger partial charge is 0.312 e. The Morgan fingerprint density at radius 1 is 1.32 bits per heavy atom. The van der Waals surface area contributed by atoms with Gasteiger partial charge in [0.15, 0.2) is 0 Å². The molecule has 0 aromatic carbocycles. The van der Waals surface area contributed by atoms with Crippen LogP contribution in [-0.2, 0) is 17.6 Å². The predicted octanol–water partition coefficient (Wildman–Crippen LogP) is 1.72. The van der Waals surface area contributed by atoms with Crippen molar-refractivity contribution in [2.75, 3.05) is 0 Å². The van der Waals surface area contributed by atoms with Crippen molar-refractivity contribution in [2.24, 2.45) is 17.6 Å². The summed E-state index contributed by atoms with van der Waals surface area (Å²) in [4.78, 5) is 37.3. The molecule has 0 fully saturated rings. The van der Waals surface area contributed by atoms with Crippen molar-refractivity contribution >= 4 is 29.2 Å². The zero-order valence-corrected chi connectivity index (χ0v) is 15.7. The highest BCUT2D eigenvalue weighted by Gasteiger charge is 2.25. The third kappa shape index (κ3) is 4.94. The normalized spacial score (nSPS) is 17.5. The van der Waals surface area contributed by atoms with Crippen molar-refractivity contribution in [1.29, 1.82) is 0 Å². The number of aryl methyl sites for hydroxylation is 1. The molecular weight excluding hydrogens is 340 g/mol. The minimum absolute atomic E-state index is 0.163. The maximum Gasteiger partial charge on any atom is 0.312 e. The number of amides is 4. The molecule has 2 atom stereocenters.